The van der Waals surface area contributed by atoms with Gasteiger partial charge in [0, 0.05) is 12.6 Å². The van der Waals surface area contributed by atoms with E-state index in [4.69, 9.17) is 9.84 Å². The summed E-state index contributed by atoms with van der Waals surface area (Å²) in [5.41, 5.74) is 0.291. The minimum absolute atomic E-state index is 0.291. The zero-order chi connectivity index (χ0) is 15.2. The molecule has 0 radical (unpaired) electrons. The summed E-state index contributed by atoms with van der Waals surface area (Å²) >= 11 is 0. The summed E-state index contributed by atoms with van der Waals surface area (Å²) in [5, 5.41) is 8.85. The summed E-state index contributed by atoms with van der Waals surface area (Å²) in [4.78, 5) is 13.3. The Morgan fingerprint density at radius 1 is 1.29 bits per heavy atom. The number of hydrogen-bond acceptors (Lipinski definition) is 3. The first-order valence-corrected chi connectivity index (χ1v) is 7.76. The molecule has 0 amide bonds. The van der Waals surface area contributed by atoms with Gasteiger partial charge in [-0.15, -0.1) is 0 Å². The second-order valence-corrected chi connectivity index (χ2v) is 6.13. The van der Waals surface area contributed by atoms with Gasteiger partial charge in [-0.1, -0.05) is 13.8 Å². The summed E-state index contributed by atoms with van der Waals surface area (Å²) < 4.78 is 5.72. The fourth-order valence-electron chi connectivity index (χ4n) is 2.32. The number of benzene rings is 1. The molecule has 0 unspecified atom stereocenters. The maximum Gasteiger partial charge on any atom is 0.335 e. The van der Waals surface area contributed by atoms with Crippen LogP contribution >= 0.6 is 0 Å². The Morgan fingerprint density at radius 2 is 1.95 bits per heavy atom. The molecule has 4 nitrogen and oxygen atoms in total. The van der Waals surface area contributed by atoms with Crippen molar-refractivity contribution in [3.05, 3.63) is 29.8 Å². The van der Waals surface area contributed by atoms with Crippen LogP contribution in [0.25, 0.3) is 0 Å². The van der Waals surface area contributed by atoms with Crippen LogP contribution in [0.5, 0.6) is 5.75 Å². The van der Waals surface area contributed by atoms with E-state index in [0.29, 0.717) is 12.2 Å². The van der Waals surface area contributed by atoms with Crippen LogP contribution in [0.4, 0.5) is 0 Å². The first-order chi connectivity index (χ1) is 10.1. The van der Waals surface area contributed by atoms with Crippen molar-refractivity contribution in [1.29, 1.82) is 0 Å². The lowest BCUT2D eigenvalue weighted by Gasteiger charge is -2.23. The van der Waals surface area contributed by atoms with Gasteiger partial charge < -0.3 is 9.84 Å². The van der Waals surface area contributed by atoms with Gasteiger partial charge >= 0.3 is 5.97 Å². The molecule has 2 rings (SSSR count). The molecule has 1 fully saturated rings. The van der Waals surface area contributed by atoms with Gasteiger partial charge in [0.25, 0.3) is 0 Å². The van der Waals surface area contributed by atoms with Crippen LogP contribution in [-0.2, 0) is 0 Å². The number of carboxylic acids is 1. The predicted molar refractivity (Wildman–Crippen MR) is 82.9 cm³/mol. The van der Waals surface area contributed by atoms with Gasteiger partial charge in [-0.25, -0.2) is 4.79 Å². The molecule has 0 heterocycles. The highest BCUT2D eigenvalue weighted by Gasteiger charge is 2.28. The van der Waals surface area contributed by atoms with Crippen LogP contribution in [0.2, 0.25) is 0 Å². The average Bonchev–Trinajstić information content (AvgIpc) is 3.27. The van der Waals surface area contributed by atoms with Crippen molar-refractivity contribution < 1.29 is 14.6 Å². The highest BCUT2D eigenvalue weighted by molar-refractivity contribution is 5.87. The Balaban J connectivity index is 1.75. The van der Waals surface area contributed by atoms with E-state index >= 15 is 0 Å². The van der Waals surface area contributed by atoms with Gasteiger partial charge in [0.1, 0.15) is 12.4 Å². The standard InChI is InChI=1S/C17H25NO3/c1-13(2)9-10-18(15-5-6-15)11-12-21-16-7-3-14(4-8-16)17(19)20/h3-4,7-8,13,15H,5-6,9-12H2,1-2H3,(H,19,20). The van der Waals surface area contributed by atoms with Crippen LogP contribution in [0.1, 0.15) is 43.5 Å². The van der Waals surface area contributed by atoms with E-state index < -0.39 is 5.97 Å². The third-order valence-electron chi connectivity index (χ3n) is 3.81. The molecule has 21 heavy (non-hydrogen) atoms. The fraction of sp³-hybridized carbons (Fsp3) is 0.588. The second-order valence-electron chi connectivity index (χ2n) is 6.13. The summed E-state index contributed by atoms with van der Waals surface area (Å²) in [6.45, 7) is 7.25. The maximum absolute atomic E-state index is 10.8. The summed E-state index contributed by atoms with van der Waals surface area (Å²) in [5.74, 6) is 0.561. The van der Waals surface area contributed by atoms with Crippen molar-refractivity contribution in [2.45, 2.75) is 39.2 Å². The Bertz CT molecular complexity index is 452. The smallest absolute Gasteiger partial charge is 0.335 e. The normalized spacial score (nSPS) is 14.7. The van der Waals surface area contributed by atoms with Crippen LogP contribution in [0, 0.1) is 5.92 Å². The molecule has 116 valence electrons. The summed E-state index contributed by atoms with van der Waals surface area (Å²) in [7, 11) is 0. The second kappa shape index (κ2) is 7.46. The maximum atomic E-state index is 10.8. The van der Waals surface area contributed by atoms with Crippen molar-refractivity contribution in [2.75, 3.05) is 19.7 Å². The molecular formula is C17H25NO3. The number of rotatable bonds is 9. The van der Waals surface area contributed by atoms with Crippen LogP contribution in [-0.4, -0.2) is 41.7 Å². The van der Waals surface area contributed by atoms with E-state index in [-0.39, 0.29) is 0 Å². The van der Waals surface area contributed by atoms with Crippen molar-refractivity contribution >= 4 is 5.97 Å². The van der Waals surface area contributed by atoms with Crippen LogP contribution < -0.4 is 4.74 Å². The monoisotopic (exact) mass is 291 g/mol. The third-order valence-corrected chi connectivity index (χ3v) is 3.81. The van der Waals surface area contributed by atoms with Gasteiger partial charge in [-0.3, -0.25) is 4.90 Å². The molecule has 1 aromatic carbocycles. The van der Waals surface area contributed by atoms with Gasteiger partial charge in [0.05, 0.1) is 5.56 Å². The first-order valence-electron chi connectivity index (χ1n) is 7.76. The topological polar surface area (TPSA) is 49.8 Å². The molecule has 0 aliphatic heterocycles. The molecule has 0 saturated heterocycles. The third kappa shape index (κ3) is 5.38. The number of ether oxygens (including phenoxy) is 1. The Morgan fingerprint density at radius 3 is 2.48 bits per heavy atom. The Labute approximate surface area is 126 Å². The SMILES string of the molecule is CC(C)CCN(CCOc1ccc(C(=O)O)cc1)C1CC1. The molecule has 0 bridgehead atoms. The largest absolute Gasteiger partial charge is 0.492 e. The molecular weight excluding hydrogens is 266 g/mol. The van der Waals surface area contributed by atoms with E-state index in [0.717, 1.165) is 30.8 Å². The highest BCUT2D eigenvalue weighted by atomic mass is 16.5. The van der Waals surface area contributed by atoms with Crippen molar-refractivity contribution in [3.8, 4) is 5.75 Å². The molecule has 1 aliphatic rings. The van der Waals surface area contributed by atoms with E-state index in [1.165, 1.54) is 19.3 Å². The van der Waals surface area contributed by atoms with Gasteiger partial charge in [0.15, 0.2) is 0 Å². The highest BCUT2D eigenvalue weighted by Crippen LogP contribution is 2.27. The van der Waals surface area contributed by atoms with Crippen molar-refractivity contribution in [3.63, 3.8) is 0 Å². The molecule has 1 aromatic rings. The number of carboxylic acid groups (broad SMARTS) is 1. The summed E-state index contributed by atoms with van der Waals surface area (Å²) in [6, 6.07) is 7.35. The number of carbonyl (C=O) groups is 1. The zero-order valence-corrected chi connectivity index (χ0v) is 12.9. The lowest BCUT2D eigenvalue weighted by Crippen LogP contribution is -2.32. The lowest BCUT2D eigenvalue weighted by atomic mass is 10.1. The molecule has 1 aliphatic carbocycles. The minimum Gasteiger partial charge on any atom is -0.492 e. The number of aromatic carboxylic acids is 1. The Hall–Kier alpha value is -1.55. The lowest BCUT2D eigenvalue weighted by molar-refractivity contribution is 0.0697. The average molecular weight is 291 g/mol. The fourth-order valence-corrected chi connectivity index (χ4v) is 2.32. The van der Waals surface area contributed by atoms with E-state index in [1.54, 1.807) is 24.3 Å². The van der Waals surface area contributed by atoms with Crippen molar-refractivity contribution in [2.24, 2.45) is 5.92 Å². The molecule has 0 aromatic heterocycles. The van der Waals surface area contributed by atoms with Gasteiger partial charge in [0.2, 0.25) is 0 Å². The molecule has 1 N–H and O–H groups in total. The van der Waals surface area contributed by atoms with E-state index in [1.807, 2.05) is 0 Å². The quantitative estimate of drug-likeness (QED) is 0.758. The number of hydrogen-bond donors (Lipinski definition) is 1. The molecule has 0 atom stereocenters. The minimum atomic E-state index is -0.907. The van der Waals surface area contributed by atoms with E-state index in [9.17, 15) is 4.79 Å². The first kappa shape index (κ1) is 15.8. The molecule has 4 heteroatoms. The summed E-state index contributed by atoms with van der Waals surface area (Å²) in [6.07, 6.45) is 3.85. The molecule has 1 saturated carbocycles. The zero-order valence-electron chi connectivity index (χ0n) is 12.9. The van der Waals surface area contributed by atoms with Gasteiger partial charge in [-0.2, -0.15) is 0 Å². The van der Waals surface area contributed by atoms with Crippen LogP contribution in [0.15, 0.2) is 24.3 Å². The number of nitrogens with zero attached hydrogens (tertiary/aromatic N) is 1. The molecule has 0 spiro atoms. The Kier molecular flexibility index (Phi) is 5.62. The predicted octanol–water partition coefficient (Wildman–Crippen LogP) is 3.27. The van der Waals surface area contributed by atoms with E-state index in [2.05, 4.69) is 18.7 Å². The van der Waals surface area contributed by atoms with Gasteiger partial charge in [-0.05, 0) is 56.0 Å². The van der Waals surface area contributed by atoms with Crippen molar-refractivity contribution in [1.82, 2.24) is 4.90 Å². The van der Waals surface area contributed by atoms with Crippen LogP contribution in [0.3, 0.4) is 0 Å².